The molecule has 0 fully saturated rings. The number of fused-ring (bicyclic) bond motifs is 1. The number of nitriles is 1. The van der Waals surface area contributed by atoms with Gasteiger partial charge in [-0.25, -0.2) is 4.68 Å². The van der Waals surface area contributed by atoms with Crippen molar-refractivity contribution in [2.75, 3.05) is 6.54 Å². The fourth-order valence-corrected chi connectivity index (χ4v) is 4.10. The zero-order valence-electron chi connectivity index (χ0n) is 15.4. The van der Waals surface area contributed by atoms with Crippen molar-refractivity contribution in [3.8, 4) is 11.8 Å². The zero-order chi connectivity index (χ0) is 18.6. The van der Waals surface area contributed by atoms with Crippen LogP contribution in [0.1, 0.15) is 46.8 Å². The largest absolute Gasteiger partial charge is 0.330 e. The maximum absolute atomic E-state index is 8.88. The quantitative estimate of drug-likeness (QED) is 0.754. The van der Waals surface area contributed by atoms with Crippen LogP contribution < -0.4 is 5.73 Å². The highest BCUT2D eigenvalue weighted by Gasteiger charge is 2.28. The van der Waals surface area contributed by atoms with Gasteiger partial charge in [0.1, 0.15) is 0 Å². The van der Waals surface area contributed by atoms with E-state index in [-0.39, 0.29) is 0 Å². The third-order valence-corrected chi connectivity index (χ3v) is 5.44. The average Bonchev–Trinajstić information content (AvgIpc) is 3.08. The fourth-order valence-electron chi connectivity index (χ4n) is 4.10. The summed E-state index contributed by atoms with van der Waals surface area (Å²) in [6.45, 7) is 0.668. The van der Waals surface area contributed by atoms with Crippen LogP contribution in [0.5, 0.6) is 0 Å². The minimum atomic E-state index is 0.388. The molecule has 0 saturated carbocycles. The minimum Gasteiger partial charge on any atom is -0.330 e. The van der Waals surface area contributed by atoms with Crippen molar-refractivity contribution in [2.24, 2.45) is 5.73 Å². The number of hydrogen-bond acceptors (Lipinski definition) is 3. The highest BCUT2D eigenvalue weighted by atomic mass is 15.3. The first-order valence-corrected chi connectivity index (χ1v) is 9.61. The van der Waals surface area contributed by atoms with Crippen LogP contribution in [0, 0.1) is 11.3 Å². The van der Waals surface area contributed by atoms with Gasteiger partial charge in [0.25, 0.3) is 0 Å². The van der Waals surface area contributed by atoms with Crippen LogP contribution >= 0.6 is 0 Å². The molecule has 4 heteroatoms. The summed E-state index contributed by atoms with van der Waals surface area (Å²) >= 11 is 0. The van der Waals surface area contributed by atoms with Crippen molar-refractivity contribution >= 4 is 0 Å². The number of nitrogens with two attached hydrogens (primary N) is 1. The van der Waals surface area contributed by atoms with E-state index < -0.39 is 0 Å². The second kappa shape index (κ2) is 7.77. The summed E-state index contributed by atoms with van der Waals surface area (Å²) in [5.41, 5.74) is 13.3. The van der Waals surface area contributed by atoms with E-state index in [2.05, 4.69) is 47.1 Å². The molecular weight excluding hydrogens is 332 g/mol. The Labute approximate surface area is 160 Å². The summed E-state index contributed by atoms with van der Waals surface area (Å²) in [6, 6.07) is 20.9. The normalized spacial score (nSPS) is 15.9. The first kappa shape index (κ1) is 17.5. The molecule has 27 heavy (non-hydrogen) atoms. The van der Waals surface area contributed by atoms with Gasteiger partial charge in [0, 0.05) is 17.7 Å². The van der Waals surface area contributed by atoms with Gasteiger partial charge in [-0.1, -0.05) is 42.5 Å². The molecule has 2 aromatic carbocycles. The molecule has 2 N–H and O–H groups in total. The predicted octanol–water partition coefficient (Wildman–Crippen LogP) is 3.91. The average molecular weight is 356 g/mol. The van der Waals surface area contributed by atoms with E-state index in [1.807, 2.05) is 18.2 Å². The van der Waals surface area contributed by atoms with Gasteiger partial charge < -0.3 is 5.73 Å². The van der Waals surface area contributed by atoms with Crippen LogP contribution in [0.3, 0.4) is 0 Å². The Balaban J connectivity index is 1.77. The first-order valence-electron chi connectivity index (χ1n) is 9.61. The highest BCUT2D eigenvalue weighted by molar-refractivity contribution is 5.43. The number of benzene rings is 2. The fraction of sp³-hybridized carbons (Fsp3) is 0.304. The van der Waals surface area contributed by atoms with Gasteiger partial charge in [-0.3, -0.25) is 0 Å². The lowest BCUT2D eigenvalue weighted by Gasteiger charge is -2.23. The smallest absolute Gasteiger partial charge is 0.0710 e. The molecule has 3 aromatic rings. The molecule has 0 bridgehead atoms. The van der Waals surface area contributed by atoms with Crippen molar-refractivity contribution in [1.82, 2.24) is 9.78 Å². The van der Waals surface area contributed by atoms with Crippen molar-refractivity contribution in [2.45, 2.75) is 38.0 Å². The summed E-state index contributed by atoms with van der Waals surface area (Å²) in [5.74, 6) is 0.388. The standard InChI is InChI=1S/C23H24N4/c24-14-13-17-9-11-20(12-10-17)27-22-8-4-7-19(16-25)23(22)21(26-27)15-18-5-2-1-3-6-18/h1-3,5-6,9-12,19H,4,7-8,13,15-16,25H2. The van der Waals surface area contributed by atoms with Gasteiger partial charge in [0.2, 0.25) is 0 Å². The van der Waals surface area contributed by atoms with E-state index in [1.165, 1.54) is 16.8 Å². The minimum absolute atomic E-state index is 0.388. The van der Waals surface area contributed by atoms with E-state index in [1.54, 1.807) is 0 Å². The molecular formula is C23H24N4. The molecule has 1 heterocycles. The van der Waals surface area contributed by atoms with E-state index in [0.717, 1.165) is 42.6 Å². The lowest BCUT2D eigenvalue weighted by Crippen LogP contribution is -2.19. The number of aromatic nitrogens is 2. The monoisotopic (exact) mass is 356 g/mol. The summed E-state index contributed by atoms with van der Waals surface area (Å²) in [4.78, 5) is 0. The molecule has 1 atom stereocenters. The third-order valence-electron chi connectivity index (χ3n) is 5.44. The maximum atomic E-state index is 8.88. The van der Waals surface area contributed by atoms with E-state index in [0.29, 0.717) is 18.9 Å². The van der Waals surface area contributed by atoms with Gasteiger partial charge in [0.05, 0.1) is 23.9 Å². The number of nitrogens with zero attached hydrogens (tertiary/aromatic N) is 3. The predicted molar refractivity (Wildman–Crippen MR) is 107 cm³/mol. The molecule has 1 aliphatic carbocycles. The molecule has 1 aliphatic rings. The van der Waals surface area contributed by atoms with Crippen molar-refractivity contribution < 1.29 is 0 Å². The topological polar surface area (TPSA) is 67.6 Å². The first-order chi connectivity index (χ1) is 13.3. The van der Waals surface area contributed by atoms with Gasteiger partial charge in [-0.05, 0) is 55.0 Å². The Morgan fingerprint density at radius 2 is 1.85 bits per heavy atom. The van der Waals surface area contributed by atoms with Crippen molar-refractivity contribution in [3.63, 3.8) is 0 Å². The van der Waals surface area contributed by atoms with Crippen LogP contribution in [-0.2, 0) is 19.3 Å². The summed E-state index contributed by atoms with van der Waals surface area (Å²) in [5, 5.41) is 13.9. The van der Waals surface area contributed by atoms with Gasteiger partial charge in [-0.15, -0.1) is 0 Å². The van der Waals surface area contributed by atoms with Crippen LogP contribution in [0.25, 0.3) is 5.69 Å². The Morgan fingerprint density at radius 3 is 2.56 bits per heavy atom. The molecule has 0 saturated heterocycles. The van der Waals surface area contributed by atoms with Crippen LogP contribution in [0.4, 0.5) is 0 Å². The van der Waals surface area contributed by atoms with E-state index in [4.69, 9.17) is 16.1 Å². The Hall–Kier alpha value is -2.90. The Bertz CT molecular complexity index is 949. The molecule has 136 valence electrons. The molecule has 4 nitrogen and oxygen atoms in total. The molecule has 0 amide bonds. The summed E-state index contributed by atoms with van der Waals surface area (Å²) in [6.07, 6.45) is 4.59. The molecule has 1 aromatic heterocycles. The second-order valence-corrected chi connectivity index (χ2v) is 7.21. The van der Waals surface area contributed by atoms with Gasteiger partial charge in [0.15, 0.2) is 0 Å². The van der Waals surface area contributed by atoms with Gasteiger partial charge >= 0.3 is 0 Å². The second-order valence-electron chi connectivity index (χ2n) is 7.21. The third kappa shape index (κ3) is 3.51. The molecule has 0 aliphatic heterocycles. The lowest BCUT2D eigenvalue weighted by molar-refractivity contribution is 0.548. The van der Waals surface area contributed by atoms with Crippen LogP contribution in [0.2, 0.25) is 0 Å². The van der Waals surface area contributed by atoms with Crippen molar-refractivity contribution in [3.05, 3.63) is 82.7 Å². The van der Waals surface area contributed by atoms with Crippen LogP contribution in [-0.4, -0.2) is 16.3 Å². The SMILES string of the molecule is N#CCc1ccc(-n2nc(Cc3ccccc3)c3c2CCCC3CN)cc1. The Morgan fingerprint density at radius 1 is 1.07 bits per heavy atom. The summed E-state index contributed by atoms with van der Waals surface area (Å²) < 4.78 is 2.10. The molecule has 1 unspecified atom stereocenters. The lowest BCUT2D eigenvalue weighted by atomic mass is 9.84. The van der Waals surface area contributed by atoms with E-state index in [9.17, 15) is 0 Å². The molecule has 0 radical (unpaired) electrons. The van der Waals surface area contributed by atoms with Gasteiger partial charge in [-0.2, -0.15) is 10.4 Å². The van der Waals surface area contributed by atoms with Crippen molar-refractivity contribution in [1.29, 1.82) is 5.26 Å². The Kier molecular flexibility index (Phi) is 5.04. The molecule has 0 spiro atoms. The van der Waals surface area contributed by atoms with E-state index >= 15 is 0 Å². The highest BCUT2D eigenvalue weighted by Crippen LogP contribution is 2.35. The van der Waals surface area contributed by atoms with Crippen LogP contribution in [0.15, 0.2) is 54.6 Å². The number of rotatable bonds is 5. The molecule has 4 rings (SSSR count). The zero-order valence-corrected chi connectivity index (χ0v) is 15.4. The summed E-state index contributed by atoms with van der Waals surface area (Å²) in [7, 11) is 0. The number of hydrogen-bond donors (Lipinski definition) is 1. The maximum Gasteiger partial charge on any atom is 0.0710 e.